The van der Waals surface area contributed by atoms with Crippen LogP contribution in [0.2, 0.25) is 0 Å². The first-order valence-corrected chi connectivity index (χ1v) is 26.4. The maximum atomic E-state index is 12.6. The van der Waals surface area contributed by atoms with Crippen LogP contribution >= 0.6 is 0 Å². The molecule has 0 saturated heterocycles. The maximum absolute atomic E-state index is 12.6. The summed E-state index contributed by atoms with van der Waals surface area (Å²) in [7, 11) is 0. The van der Waals surface area contributed by atoms with E-state index in [1.54, 1.807) is 0 Å². The molecule has 0 aliphatic carbocycles. The number of para-hydroxylation sites is 7. The van der Waals surface area contributed by atoms with Crippen molar-refractivity contribution >= 4 is 98.3 Å². The Hall–Kier alpha value is -12.0. The largest absolute Gasteiger partial charge is 0.436 e. The number of nitrogens with zero attached hydrogens (tertiary/aromatic N) is 9. The van der Waals surface area contributed by atoms with Gasteiger partial charge in [-0.1, -0.05) is 115 Å². The van der Waals surface area contributed by atoms with Crippen LogP contribution in [-0.4, -0.2) is 23.3 Å². The van der Waals surface area contributed by atoms with E-state index in [2.05, 4.69) is 152 Å². The summed E-state index contributed by atoms with van der Waals surface area (Å²) in [5, 5.41) is 51.4. The molecule has 0 aliphatic heterocycles. The summed E-state index contributed by atoms with van der Waals surface area (Å²) in [6, 6.07) is 84.8. The van der Waals surface area contributed by atoms with Gasteiger partial charge in [-0.3, -0.25) is 0 Å². The van der Waals surface area contributed by atoms with Crippen molar-refractivity contribution in [2.24, 2.45) is 0 Å². The van der Waals surface area contributed by atoms with Crippen LogP contribution in [0.3, 0.4) is 0 Å². The number of benzene rings is 11. The summed E-state index contributed by atoms with van der Waals surface area (Å²) in [4.78, 5) is 5.40. The van der Waals surface area contributed by atoms with Crippen LogP contribution < -0.4 is 0 Å². The van der Waals surface area contributed by atoms with Crippen LogP contribution in [0.5, 0.6) is 0 Å². The highest BCUT2D eigenvalue weighted by atomic mass is 16.3. The van der Waals surface area contributed by atoms with Gasteiger partial charge in [-0.2, -0.15) is 21.0 Å². The van der Waals surface area contributed by atoms with Gasteiger partial charge in [-0.15, -0.1) is 0 Å². The minimum Gasteiger partial charge on any atom is -0.436 e. The van der Waals surface area contributed by atoms with Crippen molar-refractivity contribution in [2.75, 3.05) is 0 Å². The number of hydrogen-bond donors (Lipinski definition) is 0. The van der Waals surface area contributed by atoms with E-state index in [0.717, 1.165) is 98.5 Å². The van der Waals surface area contributed by atoms with Crippen LogP contribution in [0.15, 0.2) is 229 Å². The Bertz CT molecular complexity index is 5510. The van der Waals surface area contributed by atoms with Gasteiger partial charge in [0.15, 0.2) is 5.58 Å². The van der Waals surface area contributed by atoms with Crippen molar-refractivity contribution in [3.63, 3.8) is 0 Å². The van der Waals surface area contributed by atoms with Crippen LogP contribution in [-0.2, 0) is 0 Å². The lowest BCUT2D eigenvalue weighted by molar-refractivity contribution is 0.619. The van der Waals surface area contributed by atoms with Gasteiger partial charge in [0.25, 0.3) is 0 Å². The first kappa shape index (κ1) is 45.3. The Morgan fingerprint density at radius 3 is 1.12 bits per heavy atom. The highest BCUT2D eigenvalue weighted by Gasteiger charge is 2.36. The van der Waals surface area contributed by atoms with Crippen LogP contribution in [0.1, 0.15) is 22.3 Å². The predicted molar refractivity (Wildman–Crippen MR) is 321 cm³/mol. The molecule has 0 saturated carbocycles. The Kier molecular flexibility index (Phi) is 9.66. The van der Waals surface area contributed by atoms with E-state index in [1.807, 2.05) is 115 Å². The Morgan fingerprint density at radius 2 is 0.691 bits per heavy atom. The Morgan fingerprint density at radius 1 is 0.321 bits per heavy atom. The van der Waals surface area contributed by atoms with Crippen molar-refractivity contribution in [2.45, 2.75) is 0 Å². The summed E-state index contributed by atoms with van der Waals surface area (Å²) in [5.41, 5.74) is 14.6. The van der Waals surface area contributed by atoms with Gasteiger partial charge in [0.05, 0.1) is 107 Å². The predicted octanol–water partition coefficient (Wildman–Crippen LogP) is 17.0. The molecule has 0 spiro atoms. The minimum atomic E-state index is 0.263. The van der Waals surface area contributed by atoms with E-state index >= 15 is 0 Å². The van der Waals surface area contributed by atoms with E-state index in [4.69, 9.17) is 9.40 Å². The first-order valence-electron chi connectivity index (χ1n) is 26.4. The van der Waals surface area contributed by atoms with Crippen molar-refractivity contribution in [1.29, 1.82) is 21.0 Å². The third kappa shape index (κ3) is 6.42. The molecule has 0 atom stereocenters. The Balaban J connectivity index is 1.18. The third-order valence-electron chi connectivity index (χ3n) is 16.1. The zero-order valence-electron chi connectivity index (χ0n) is 42.8. The van der Waals surface area contributed by atoms with Crippen molar-refractivity contribution in [3.05, 3.63) is 247 Å². The molecule has 81 heavy (non-hydrogen) atoms. The highest BCUT2D eigenvalue weighted by Crippen LogP contribution is 2.52. The minimum absolute atomic E-state index is 0.263. The number of nitriles is 4. The second-order valence-corrected chi connectivity index (χ2v) is 20.3. The number of aromatic nitrogens is 5. The molecule has 0 aliphatic rings. The van der Waals surface area contributed by atoms with Gasteiger partial charge >= 0.3 is 0 Å². The molecular weight excluding hydrogens is 995 g/mol. The molecule has 0 amide bonds. The molecule has 0 bridgehead atoms. The van der Waals surface area contributed by atoms with Gasteiger partial charge < -0.3 is 22.7 Å². The summed E-state index contributed by atoms with van der Waals surface area (Å²) in [5.74, 6) is 0.263. The number of fused-ring (bicyclic) bond motifs is 13. The average Bonchev–Trinajstić information content (AvgIpc) is 4.52. The Labute approximate surface area is 461 Å². The smallest absolute Gasteiger partial charge is 0.231 e. The van der Waals surface area contributed by atoms with Gasteiger partial charge in [-0.25, -0.2) is 4.98 Å². The summed E-state index contributed by atoms with van der Waals surface area (Å²) >= 11 is 0. The molecule has 16 aromatic rings. The van der Waals surface area contributed by atoms with E-state index < -0.39 is 0 Å². The molecule has 5 heterocycles. The van der Waals surface area contributed by atoms with Crippen molar-refractivity contribution in [1.82, 2.24) is 23.3 Å². The average molecular weight is 1030 g/mol. The lowest BCUT2D eigenvalue weighted by atomic mass is 9.90. The molecule has 10 nitrogen and oxygen atoms in total. The number of rotatable bonds is 6. The highest BCUT2D eigenvalue weighted by molar-refractivity contribution is 6.17. The fraction of sp³-hybridized carbons (Fsp3) is 0. The molecule has 5 aromatic heterocycles. The zero-order chi connectivity index (χ0) is 54.0. The zero-order valence-corrected chi connectivity index (χ0v) is 42.8. The first-order chi connectivity index (χ1) is 40.0. The van der Waals surface area contributed by atoms with Crippen LogP contribution in [0, 0.1) is 45.3 Å². The monoisotopic (exact) mass is 1030 g/mol. The van der Waals surface area contributed by atoms with Gasteiger partial charge in [-0.05, 0) is 115 Å². The van der Waals surface area contributed by atoms with Gasteiger partial charge in [0.2, 0.25) is 5.89 Å². The van der Waals surface area contributed by atoms with E-state index in [9.17, 15) is 21.0 Å². The van der Waals surface area contributed by atoms with Gasteiger partial charge in [0, 0.05) is 54.3 Å². The maximum Gasteiger partial charge on any atom is 0.231 e. The molecule has 16 rings (SSSR count). The number of hydrogen-bond acceptors (Lipinski definition) is 6. The molecular formula is C71H37N9O. The molecule has 0 N–H and O–H groups in total. The summed E-state index contributed by atoms with van der Waals surface area (Å²) < 4.78 is 16.0. The number of oxazole rings is 1. The van der Waals surface area contributed by atoms with Crippen molar-refractivity contribution in [3.8, 4) is 69.6 Å². The fourth-order valence-electron chi connectivity index (χ4n) is 12.8. The van der Waals surface area contributed by atoms with E-state index in [-0.39, 0.29) is 5.89 Å². The fourth-order valence-corrected chi connectivity index (χ4v) is 12.8. The normalized spacial score (nSPS) is 11.7. The topological polar surface area (TPSA) is 141 Å². The second-order valence-electron chi connectivity index (χ2n) is 20.3. The standard InChI is InChI=1S/C71H37N9O/c72-38-42-25-32-62-52(35-42)49-15-3-9-21-59(49)78(62)68-55(41-75)66(45-28-30-46(31-29-45)77-57-19-7-1-13-47(57)48-14-2-8-20-58(48)77)69(79-60-22-10-4-16-50(60)53-36-43(39-73)26-33-63(53)79)70(67(68)71-76-56-18-6-12-24-65(56)81-71)80-61-23-11-5-17-51(61)54-37-44(40-74)27-34-64(54)80/h1-37H. The quantitative estimate of drug-likeness (QED) is 0.162. The van der Waals surface area contributed by atoms with Crippen molar-refractivity contribution < 1.29 is 4.42 Å². The molecule has 0 fully saturated rings. The molecule has 11 aromatic carbocycles. The van der Waals surface area contributed by atoms with Crippen LogP contribution in [0.4, 0.5) is 0 Å². The third-order valence-corrected chi connectivity index (χ3v) is 16.1. The molecule has 0 unspecified atom stereocenters. The molecule has 372 valence electrons. The second kappa shape index (κ2) is 17.3. The van der Waals surface area contributed by atoms with Crippen LogP contribution in [0.25, 0.3) is 144 Å². The molecule has 0 radical (unpaired) electrons. The SMILES string of the molecule is N#Cc1ccc2c(c1)c1ccccc1n2-c1c(C#N)c(-c2ccc(-n3c4ccccc4c4ccccc43)cc2)c(-n2c3ccccc3c3cc(C#N)ccc32)c(-n2c3ccccc3c3cc(C#N)ccc32)c1-c1nc2ccccc2o1. The van der Waals surface area contributed by atoms with Gasteiger partial charge in [0.1, 0.15) is 11.6 Å². The summed E-state index contributed by atoms with van der Waals surface area (Å²) in [6.45, 7) is 0. The van der Waals surface area contributed by atoms with E-state index in [0.29, 0.717) is 61.5 Å². The van der Waals surface area contributed by atoms with E-state index in [1.165, 1.54) is 0 Å². The lowest BCUT2D eigenvalue weighted by Crippen LogP contribution is -2.14. The molecule has 10 heteroatoms. The summed E-state index contributed by atoms with van der Waals surface area (Å²) in [6.07, 6.45) is 0. The lowest BCUT2D eigenvalue weighted by Gasteiger charge is -2.27.